The first kappa shape index (κ1) is 26.6. The van der Waals surface area contributed by atoms with E-state index in [0.717, 1.165) is 19.3 Å². The summed E-state index contributed by atoms with van der Waals surface area (Å²) in [6.07, 6.45) is 0.484. The summed E-state index contributed by atoms with van der Waals surface area (Å²) >= 11 is 3.36. The molecule has 1 aromatic rings. The van der Waals surface area contributed by atoms with Crippen LogP contribution in [0.5, 0.6) is 0 Å². The molecular formula is C27H32BrNO8. The number of esters is 2. The smallest absolute Gasteiger partial charge is 0.308 e. The molecule has 0 N–H and O–H groups in total. The molecule has 4 heterocycles. The fourth-order valence-electron chi connectivity index (χ4n) is 6.44. The maximum atomic E-state index is 12.7. The minimum Gasteiger partial charge on any atom is -0.442 e. The van der Waals surface area contributed by atoms with E-state index in [2.05, 4.69) is 22.9 Å². The molecule has 9 nitrogen and oxygen atoms in total. The molecule has 4 unspecified atom stereocenters. The van der Waals surface area contributed by atoms with Crippen LogP contribution >= 0.6 is 15.9 Å². The van der Waals surface area contributed by atoms with Crippen molar-refractivity contribution < 1.29 is 38.3 Å². The molecule has 0 amide bonds. The van der Waals surface area contributed by atoms with Gasteiger partial charge in [0.2, 0.25) is 18.2 Å². The third-order valence-electron chi connectivity index (χ3n) is 8.43. The van der Waals surface area contributed by atoms with Crippen LogP contribution in [0.3, 0.4) is 0 Å². The van der Waals surface area contributed by atoms with E-state index in [4.69, 9.17) is 28.7 Å². The summed E-state index contributed by atoms with van der Waals surface area (Å²) in [6, 6.07) is 8.98. The maximum Gasteiger partial charge on any atom is 0.308 e. The lowest BCUT2D eigenvalue weighted by Gasteiger charge is -2.59. The molecular weight excluding hydrogens is 546 g/mol. The number of benzene rings is 1. The Morgan fingerprint density at radius 1 is 1.14 bits per heavy atom. The van der Waals surface area contributed by atoms with E-state index in [9.17, 15) is 14.9 Å². The molecule has 4 saturated heterocycles. The predicted molar refractivity (Wildman–Crippen MR) is 131 cm³/mol. The van der Waals surface area contributed by atoms with Gasteiger partial charge in [0.15, 0.2) is 11.9 Å². The van der Waals surface area contributed by atoms with E-state index in [1.807, 2.05) is 19.9 Å². The van der Waals surface area contributed by atoms with Crippen molar-refractivity contribution in [1.82, 2.24) is 0 Å². The van der Waals surface area contributed by atoms with Crippen molar-refractivity contribution in [3.8, 4) is 6.07 Å². The molecule has 1 aliphatic carbocycles. The van der Waals surface area contributed by atoms with Crippen LogP contribution in [-0.2, 0) is 38.3 Å². The van der Waals surface area contributed by atoms with Crippen molar-refractivity contribution in [3.05, 3.63) is 34.3 Å². The zero-order valence-electron chi connectivity index (χ0n) is 21.2. The van der Waals surface area contributed by atoms with Gasteiger partial charge in [-0.15, -0.1) is 0 Å². The molecule has 0 radical (unpaired) electrons. The van der Waals surface area contributed by atoms with Crippen LogP contribution in [0.25, 0.3) is 0 Å². The van der Waals surface area contributed by atoms with Crippen molar-refractivity contribution in [2.45, 2.75) is 89.4 Å². The van der Waals surface area contributed by atoms with Crippen LogP contribution < -0.4 is 0 Å². The normalized spacial score (nSPS) is 39.0. The SMILES string of the molecule is C[C@H]1C(OC(=O)CCC(=O)OC(C#N)c2ccccc2Br)O[C@@H]2O[C@@]3(C)CC[C@H]4[C@H](C)CCC1C24OO3. The highest BCUT2D eigenvalue weighted by molar-refractivity contribution is 9.10. The molecule has 5 fully saturated rings. The first-order valence-electron chi connectivity index (χ1n) is 12.9. The van der Waals surface area contributed by atoms with E-state index < -0.39 is 42.0 Å². The third kappa shape index (κ3) is 4.81. The molecule has 10 heteroatoms. The topological polar surface area (TPSA) is 113 Å². The highest BCUT2D eigenvalue weighted by Gasteiger charge is 2.69. The van der Waals surface area contributed by atoms with Crippen molar-refractivity contribution >= 4 is 27.9 Å². The zero-order chi connectivity index (χ0) is 26.4. The van der Waals surface area contributed by atoms with Crippen LogP contribution in [-0.4, -0.2) is 35.9 Å². The van der Waals surface area contributed by atoms with E-state index >= 15 is 0 Å². The molecule has 1 aromatic carbocycles. The number of hydrogen-bond donors (Lipinski definition) is 0. The number of halogens is 1. The molecule has 6 rings (SSSR count). The van der Waals surface area contributed by atoms with Gasteiger partial charge in [0.25, 0.3) is 0 Å². The molecule has 1 spiro atoms. The van der Waals surface area contributed by atoms with E-state index in [1.165, 1.54) is 0 Å². The Morgan fingerprint density at radius 3 is 2.65 bits per heavy atom. The molecule has 200 valence electrons. The van der Waals surface area contributed by atoms with Crippen LogP contribution in [0.15, 0.2) is 28.7 Å². The summed E-state index contributed by atoms with van der Waals surface area (Å²) in [5, 5.41) is 9.45. The molecule has 9 atom stereocenters. The first-order chi connectivity index (χ1) is 17.7. The number of hydrogen-bond acceptors (Lipinski definition) is 9. The molecule has 37 heavy (non-hydrogen) atoms. The molecule has 5 aliphatic rings. The minimum atomic E-state index is -1.08. The fraction of sp³-hybridized carbons (Fsp3) is 0.667. The Kier molecular flexibility index (Phi) is 7.37. The van der Waals surface area contributed by atoms with Crippen LogP contribution in [0.4, 0.5) is 0 Å². The van der Waals surface area contributed by atoms with Gasteiger partial charge in [-0.2, -0.15) is 5.26 Å². The Bertz CT molecular complexity index is 1090. The highest BCUT2D eigenvalue weighted by atomic mass is 79.9. The number of carbonyl (C=O) groups is 2. The Hall–Kier alpha value is -2.03. The quantitative estimate of drug-likeness (QED) is 0.337. The highest BCUT2D eigenvalue weighted by Crippen LogP contribution is 2.60. The monoisotopic (exact) mass is 577 g/mol. The second-order valence-corrected chi connectivity index (χ2v) is 11.6. The van der Waals surface area contributed by atoms with Gasteiger partial charge in [-0.1, -0.05) is 48.0 Å². The van der Waals surface area contributed by atoms with Gasteiger partial charge in [-0.25, -0.2) is 9.78 Å². The van der Waals surface area contributed by atoms with Gasteiger partial charge < -0.3 is 18.9 Å². The Labute approximate surface area is 224 Å². The lowest BCUT2D eigenvalue weighted by molar-refractivity contribution is -0.576. The summed E-state index contributed by atoms with van der Waals surface area (Å²) < 4.78 is 24.2. The fourth-order valence-corrected chi connectivity index (χ4v) is 6.93. The summed E-state index contributed by atoms with van der Waals surface area (Å²) in [7, 11) is 0. The summed E-state index contributed by atoms with van der Waals surface area (Å²) in [5.41, 5.74) is -0.199. The summed E-state index contributed by atoms with van der Waals surface area (Å²) in [4.78, 5) is 37.0. The van der Waals surface area contributed by atoms with Crippen molar-refractivity contribution in [1.29, 1.82) is 5.26 Å². The number of nitriles is 1. The Balaban J connectivity index is 1.21. The average molecular weight is 578 g/mol. The number of fused-ring (bicyclic) bond motifs is 2. The molecule has 2 bridgehead atoms. The average Bonchev–Trinajstić information content (AvgIpc) is 3.10. The van der Waals surface area contributed by atoms with E-state index in [-0.39, 0.29) is 30.6 Å². The minimum absolute atomic E-state index is 0.0265. The van der Waals surface area contributed by atoms with Gasteiger partial charge in [0.05, 0.1) is 12.8 Å². The third-order valence-corrected chi connectivity index (χ3v) is 9.15. The summed E-state index contributed by atoms with van der Waals surface area (Å²) in [6.45, 7) is 6.07. The molecule has 0 aromatic heterocycles. The van der Waals surface area contributed by atoms with Crippen molar-refractivity contribution in [2.24, 2.45) is 23.7 Å². The number of nitrogens with zero attached hydrogens (tertiary/aromatic N) is 1. The van der Waals surface area contributed by atoms with Crippen LogP contribution in [0.1, 0.15) is 71.0 Å². The maximum absolute atomic E-state index is 12.7. The largest absolute Gasteiger partial charge is 0.442 e. The Morgan fingerprint density at radius 2 is 1.89 bits per heavy atom. The van der Waals surface area contributed by atoms with Gasteiger partial charge in [-0.3, -0.25) is 9.59 Å². The van der Waals surface area contributed by atoms with Crippen LogP contribution in [0, 0.1) is 35.0 Å². The van der Waals surface area contributed by atoms with Gasteiger partial charge >= 0.3 is 11.9 Å². The lowest BCUT2D eigenvalue weighted by Crippen LogP contribution is -2.70. The zero-order valence-corrected chi connectivity index (χ0v) is 22.8. The number of carbonyl (C=O) groups excluding carboxylic acids is 2. The van der Waals surface area contributed by atoms with Gasteiger partial charge in [0, 0.05) is 28.3 Å². The van der Waals surface area contributed by atoms with Gasteiger partial charge in [0.1, 0.15) is 6.07 Å². The second kappa shape index (κ2) is 10.3. The summed E-state index contributed by atoms with van der Waals surface area (Å²) in [5.74, 6) is -1.64. The second-order valence-electron chi connectivity index (χ2n) is 10.8. The van der Waals surface area contributed by atoms with Crippen molar-refractivity contribution in [2.75, 3.05) is 0 Å². The molecule has 1 saturated carbocycles. The van der Waals surface area contributed by atoms with Gasteiger partial charge in [-0.05, 0) is 44.1 Å². The molecule has 4 aliphatic heterocycles. The predicted octanol–water partition coefficient (Wildman–Crippen LogP) is 5.09. The lowest BCUT2D eigenvalue weighted by atomic mass is 9.58. The first-order valence-corrected chi connectivity index (χ1v) is 13.7. The van der Waals surface area contributed by atoms with E-state index in [0.29, 0.717) is 22.4 Å². The number of ether oxygens (including phenoxy) is 4. The standard InChI is InChI=1S/C27H32BrNO8/c1-15-8-9-19-16(2)24(34-25-27(19)18(15)12-13-26(3,35-25)36-37-27)33-23(31)11-10-22(30)32-21(14-29)17-6-4-5-7-20(17)28/h4-7,15-16,18-19,21,24-25H,8-13H2,1-3H3/t15-,16-,18+,19?,21?,24?,25-,26-,27?/m1/s1. The van der Waals surface area contributed by atoms with Crippen molar-refractivity contribution in [3.63, 3.8) is 0 Å². The number of rotatable bonds is 6. The van der Waals surface area contributed by atoms with Crippen LogP contribution in [0.2, 0.25) is 0 Å². The van der Waals surface area contributed by atoms with E-state index in [1.54, 1.807) is 24.3 Å².